The van der Waals surface area contributed by atoms with Gasteiger partial charge in [-0.15, -0.1) is 0 Å². The summed E-state index contributed by atoms with van der Waals surface area (Å²) in [6.07, 6.45) is 7.39. The van der Waals surface area contributed by atoms with Crippen LogP contribution in [0.15, 0.2) is 41.4 Å². The molecule has 4 heterocycles. The maximum Gasteiger partial charge on any atom is 0.240 e. The van der Waals surface area contributed by atoms with Gasteiger partial charge < -0.3 is 14.7 Å². The molecule has 1 aliphatic heterocycles. The molecule has 0 bridgehead atoms. The molecule has 2 amide bonds. The van der Waals surface area contributed by atoms with Crippen LogP contribution in [0, 0.1) is 5.92 Å². The van der Waals surface area contributed by atoms with Crippen molar-refractivity contribution in [1.82, 2.24) is 25.1 Å². The monoisotopic (exact) mass is 393 g/mol. The molecular formula is C19H19N7O3. The Hall–Kier alpha value is -3.69. The van der Waals surface area contributed by atoms with Gasteiger partial charge in [0.1, 0.15) is 0 Å². The molecule has 148 valence electrons. The highest BCUT2D eigenvalue weighted by molar-refractivity contribution is 6.04. The molecule has 0 spiro atoms. The van der Waals surface area contributed by atoms with Crippen molar-refractivity contribution in [2.45, 2.75) is 26.2 Å². The van der Waals surface area contributed by atoms with Crippen LogP contribution in [0.2, 0.25) is 0 Å². The highest BCUT2D eigenvalue weighted by atomic mass is 16.5. The van der Waals surface area contributed by atoms with E-state index in [2.05, 4.69) is 30.4 Å². The Morgan fingerprint density at radius 2 is 2.10 bits per heavy atom. The van der Waals surface area contributed by atoms with Gasteiger partial charge in [-0.2, -0.15) is 4.98 Å². The first-order chi connectivity index (χ1) is 14.2. The lowest BCUT2D eigenvalue weighted by molar-refractivity contribution is -0.120. The summed E-state index contributed by atoms with van der Waals surface area (Å²) in [6, 6.07) is 3.38. The molecule has 10 heteroatoms. The fourth-order valence-corrected chi connectivity index (χ4v) is 3.10. The van der Waals surface area contributed by atoms with Crippen LogP contribution in [-0.4, -0.2) is 43.5 Å². The Morgan fingerprint density at radius 3 is 2.90 bits per heavy atom. The Kier molecular flexibility index (Phi) is 5.23. The van der Waals surface area contributed by atoms with E-state index in [1.54, 1.807) is 41.8 Å². The first-order valence-electron chi connectivity index (χ1n) is 9.31. The number of aryl methyl sites for hydroxylation is 1. The summed E-state index contributed by atoms with van der Waals surface area (Å²) in [4.78, 5) is 43.5. The molecule has 3 aromatic rings. The zero-order valence-corrected chi connectivity index (χ0v) is 15.8. The summed E-state index contributed by atoms with van der Waals surface area (Å²) in [5.41, 5.74) is 1.17. The molecule has 0 aliphatic carbocycles. The number of anilines is 2. The maximum atomic E-state index is 13.0. The second-order valence-electron chi connectivity index (χ2n) is 6.58. The van der Waals surface area contributed by atoms with E-state index in [4.69, 9.17) is 4.52 Å². The van der Waals surface area contributed by atoms with Crippen LogP contribution >= 0.6 is 0 Å². The van der Waals surface area contributed by atoms with Crippen LogP contribution in [0.5, 0.6) is 0 Å². The molecule has 1 atom stereocenters. The van der Waals surface area contributed by atoms with Gasteiger partial charge in [0.05, 0.1) is 23.5 Å². The maximum absolute atomic E-state index is 13.0. The van der Waals surface area contributed by atoms with E-state index in [-0.39, 0.29) is 36.4 Å². The third-order valence-corrected chi connectivity index (χ3v) is 4.70. The lowest BCUT2D eigenvalue weighted by Gasteiger charge is -2.23. The van der Waals surface area contributed by atoms with Gasteiger partial charge >= 0.3 is 0 Å². The predicted octanol–water partition coefficient (Wildman–Crippen LogP) is 1.87. The van der Waals surface area contributed by atoms with Crippen molar-refractivity contribution < 1.29 is 14.1 Å². The van der Waals surface area contributed by atoms with Crippen molar-refractivity contribution in [3.8, 4) is 11.6 Å². The van der Waals surface area contributed by atoms with Crippen molar-refractivity contribution in [3.63, 3.8) is 0 Å². The summed E-state index contributed by atoms with van der Waals surface area (Å²) in [6.45, 7) is 2.22. The number of amides is 2. The van der Waals surface area contributed by atoms with Crippen molar-refractivity contribution >= 4 is 23.2 Å². The summed E-state index contributed by atoms with van der Waals surface area (Å²) in [5.74, 6) is 0.416. The number of pyridine rings is 1. The second kappa shape index (κ2) is 8.13. The number of aromatic nitrogens is 5. The van der Waals surface area contributed by atoms with Gasteiger partial charge in [-0.05, 0) is 18.6 Å². The minimum absolute atomic E-state index is 0.0975. The highest BCUT2D eigenvalue weighted by Crippen LogP contribution is 2.30. The average Bonchev–Trinajstić information content (AvgIpc) is 3.17. The average molecular weight is 393 g/mol. The SMILES string of the molecule is CCC1CN(C(=O)CCc2nc(-c3ncccn3)no2)c2cnccc2NC1=O. The number of rotatable bonds is 5. The van der Waals surface area contributed by atoms with E-state index in [1.807, 2.05) is 6.92 Å². The van der Waals surface area contributed by atoms with Crippen LogP contribution in [0.1, 0.15) is 25.7 Å². The number of hydrogen-bond acceptors (Lipinski definition) is 8. The van der Waals surface area contributed by atoms with Gasteiger partial charge in [0, 0.05) is 38.0 Å². The highest BCUT2D eigenvalue weighted by Gasteiger charge is 2.30. The van der Waals surface area contributed by atoms with Crippen molar-refractivity contribution in [3.05, 3.63) is 42.8 Å². The molecule has 1 N–H and O–H groups in total. The number of fused-ring (bicyclic) bond motifs is 1. The minimum Gasteiger partial charge on any atom is -0.339 e. The summed E-state index contributed by atoms with van der Waals surface area (Å²) in [7, 11) is 0. The van der Waals surface area contributed by atoms with Gasteiger partial charge in [0.2, 0.25) is 29.4 Å². The van der Waals surface area contributed by atoms with Gasteiger partial charge in [-0.3, -0.25) is 14.6 Å². The van der Waals surface area contributed by atoms with Crippen molar-refractivity contribution in [1.29, 1.82) is 0 Å². The van der Waals surface area contributed by atoms with Crippen LogP contribution < -0.4 is 10.2 Å². The zero-order chi connectivity index (χ0) is 20.2. The van der Waals surface area contributed by atoms with Gasteiger partial charge in [0.25, 0.3) is 0 Å². The minimum atomic E-state index is -0.295. The molecule has 10 nitrogen and oxygen atoms in total. The third-order valence-electron chi connectivity index (χ3n) is 4.70. The molecule has 0 radical (unpaired) electrons. The Morgan fingerprint density at radius 1 is 1.28 bits per heavy atom. The predicted molar refractivity (Wildman–Crippen MR) is 103 cm³/mol. The Bertz CT molecular complexity index is 1020. The second-order valence-corrected chi connectivity index (χ2v) is 6.58. The van der Waals surface area contributed by atoms with E-state index >= 15 is 0 Å². The molecule has 29 heavy (non-hydrogen) atoms. The fourth-order valence-electron chi connectivity index (χ4n) is 3.10. The molecule has 0 fully saturated rings. The number of nitrogens with zero attached hydrogens (tertiary/aromatic N) is 6. The number of hydrogen-bond donors (Lipinski definition) is 1. The number of nitrogens with one attached hydrogen (secondary N) is 1. The molecule has 0 saturated carbocycles. The number of carbonyl (C=O) groups excluding carboxylic acids is 2. The quantitative estimate of drug-likeness (QED) is 0.696. The summed E-state index contributed by atoms with van der Waals surface area (Å²) in [5, 5.41) is 6.74. The molecule has 1 unspecified atom stereocenters. The topological polar surface area (TPSA) is 127 Å². The molecule has 4 rings (SSSR count). The summed E-state index contributed by atoms with van der Waals surface area (Å²) >= 11 is 0. The fraction of sp³-hybridized carbons (Fsp3) is 0.316. The van der Waals surface area contributed by atoms with E-state index in [1.165, 1.54) is 0 Å². The molecule has 0 aromatic carbocycles. The van der Waals surface area contributed by atoms with Crippen LogP contribution in [0.4, 0.5) is 11.4 Å². The molecule has 3 aromatic heterocycles. The largest absolute Gasteiger partial charge is 0.339 e. The van der Waals surface area contributed by atoms with Gasteiger partial charge in [-0.1, -0.05) is 12.1 Å². The zero-order valence-electron chi connectivity index (χ0n) is 15.8. The van der Waals surface area contributed by atoms with Gasteiger partial charge in [0.15, 0.2) is 0 Å². The third kappa shape index (κ3) is 3.96. The van der Waals surface area contributed by atoms with E-state index < -0.39 is 0 Å². The van der Waals surface area contributed by atoms with Crippen LogP contribution in [0.25, 0.3) is 11.6 Å². The summed E-state index contributed by atoms with van der Waals surface area (Å²) < 4.78 is 5.22. The Labute approximate surface area is 166 Å². The van der Waals surface area contributed by atoms with E-state index in [9.17, 15) is 9.59 Å². The molecule has 1 aliphatic rings. The Balaban J connectivity index is 1.49. The lowest BCUT2D eigenvalue weighted by atomic mass is 10.1. The van der Waals surface area contributed by atoms with Crippen molar-refractivity contribution in [2.24, 2.45) is 5.92 Å². The number of carbonyl (C=O) groups is 2. The van der Waals surface area contributed by atoms with Crippen LogP contribution in [0.3, 0.4) is 0 Å². The lowest BCUT2D eigenvalue weighted by Crippen LogP contribution is -2.37. The first kappa shape index (κ1) is 18.7. The first-order valence-corrected chi connectivity index (χ1v) is 9.31. The van der Waals surface area contributed by atoms with Crippen molar-refractivity contribution in [2.75, 3.05) is 16.8 Å². The van der Waals surface area contributed by atoms with E-state index in [0.29, 0.717) is 36.1 Å². The van der Waals surface area contributed by atoms with E-state index in [0.717, 1.165) is 0 Å². The normalized spacial score (nSPS) is 16.1. The molecule has 0 saturated heterocycles. The van der Waals surface area contributed by atoms with Crippen LogP contribution in [-0.2, 0) is 16.0 Å². The molecular weight excluding hydrogens is 374 g/mol. The standard InChI is InChI=1S/C19H19N7O3/c1-2-12-11-26(14-10-20-9-6-13(14)23-19(12)28)16(27)5-4-15-24-18(25-29-15)17-21-7-3-8-22-17/h3,6-10,12H,2,4-5,11H2,1H3,(H,23,28). The smallest absolute Gasteiger partial charge is 0.240 e. The van der Waals surface area contributed by atoms with Gasteiger partial charge in [-0.25, -0.2) is 9.97 Å².